The largest absolute Gasteiger partial charge is 0.420 e. The van der Waals surface area contributed by atoms with Gasteiger partial charge in [0.05, 0.1) is 4.88 Å². The van der Waals surface area contributed by atoms with Crippen molar-refractivity contribution in [1.29, 1.82) is 0 Å². The highest BCUT2D eigenvalue weighted by Crippen LogP contribution is 2.30. The average Bonchev–Trinajstić information content (AvgIpc) is 3.34. The van der Waals surface area contributed by atoms with Crippen LogP contribution in [0.1, 0.15) is 39.9 Å². The van der Waals surface area contributed by atoms with Crippen LogP contribution in [0.2, 0.25) is 0 Å². The molecule has 4 rings (SSSR count). The van der Waals surface area contributed by atoms with Crippen molar-refractivity contribution in [3.63, 3.8) is 0 Å². The highest BCUT2D eigenvalue weighted by atomic mass is 32.1. The number of piperidine rings is 1. The fraction of sp³-hybridized carbons (Fsp3) is 0.316. The van der Waals surface area contributed by atoms with Gasteiger partial charge in [-0.05, 0) is 43.3 Å². The molecule has 0 bridgehead atoms. The number of aryl methyl sites for hydroxylation is 1. The van der Waals surface area contributed by atoms with Gasteiger partial charge in [0.25, 0.3) is 5.91 Å². The molecule has 5 nitrogen and oxygen atoms in total. The molecule has 1 aliphatic heterocycles. The normalized spacial score (nSPS) is 15.5. The topological polar surface area (TPSA) is 59.2 Å². The van der Waals surface area contributed by atoms with Gasteiger partial charge in [0, 0.05) is 24.6 Å². The van der Waals surface area contributed by atoms with E-state index in [1.807, 2.05) is 53.6 Å². The van der Waals surface area contributed by atoms with Crippen molar-refractivity contribution in [3.8, 4) is 11.5 Å². The van der Waals surface area contributed by atoms with E-state index in [0.29, 0.717) is 11.8 Å². The molecule has 3 heterocycles. The molecule has 25 heavy (non-hydrogen) atoms. The summed E-state index contributed by atoms with van der Waals surface area (Å²) in [5.41, 5.74) is 2.14. The van der Waals surface area contributed by atoms with Crippen LogP contribution in [-0.2, 0) is 0 Å². The smallest absolute Gasteiger partial charge is 0.263 e. The van der Waals surface area contributed by atoms with E-state index < -0.39 is 0 Å². The van der Waals surface area contributed by atoms with Crippen LogP contribution in [0.3, 0.4) is 0 Å². The molecule has 1 aliphatic rings. The zero-order valence-electron chi connectivity index (χ0n) is 14.0. The first-order valence-electron chi connectivity index (χ1n) is 8.44. The summed E-state index contributed by atoms with van der Waals surface area (Å²) >= 11 is 1.49. The van der Waals surface area contributed by atoms with Crippen LogP contribution in [0.15, 0.2) is 46.2 Å². The first-order chi connectivity index (χ1) is 12.2. The predicted molar refractivity (Wildman–Crippen MR) is 96.7 cm³/mol. The predicted octanol–water partition coefficient (Wildman–Crippen LogP) is 4.13. The zero-order valence-corrected chi connectivity index (χ0v) is 14.8. The number of nitrogens with zero attached hydrogens (tertiary/aromatic N) is 3. The number of aromatic nitrogens is 2. The van der Waals surface area contributed by atoms with Crippen molar-refractivity contribution in [2.75, 3.05) is 13.1 Å². The monoisotopic (exact) mass is 353 g/mol. The summed E-state index contributed by atoms with van der Waals surface area (Å²) in [4.78, 5) is 15.1. The summed E-state index contributed by atoms with van der Waals surface area (Å²) in [6.07, 6.45) is 1.71. The van der Waals surface area contributed by atoms with Gasteiger partial charge in [-0.2, -0.15) is 0 Å². The van der Waals surface area contributed by atoms with E-state index in [9.17, 15) is 4.79 Å². The summed E-state index contributed by atoms with van der Waals surface area (Å²) < 4.78 is 5.89. The van der Waals surface area contributed by atoms with E-state index in [1.165, 1.54) is 16.9 Å². The van der Waals surface area contributed by atoms with Crippen LogP contribution < -0.4 is 0 Å². The summed E-state index contributed by atoms with van der Waals surface area (Å²) in [5.74, 6) is 1.59. The quantitative estimate of drug-likeness (QED) is 0.710. The van der Waals surface area contributed by atoms with E-state index >= 15 is 0 Å². The van der Waals surface area contributed by atoms with Gasteiger partial charge in [-0.1, -0.05) is 23.8 Å². The molecule has 1 saturated heterocycles. The zero-order chi connectivity index (χ0) is 17.2. The Labute approximate surface area is 150 Å². The minimum Gasteiger partial charge on any atom is -0.420 e. The van der Waals surface area contributed by atoms with E-state index in [2.05, 4.69) is 10.2 Å². The lowest BCUT2D eigenvalue weighted by molar-refractivity contribution is 0.0711. The molecule has 0 radical (unpaired) electrons. The molecular formula is C19H19N3O2S. The van der Waals surface area contributed by atoms with Crippen LogP contribution in [0.4, 0.5) is 0 Å². The standard InChI is InChI=1S/C19H19N3O2S/c1-13-4-6-14(7-5-13)17-20-21-18(24-17)15-8-10-22(11-9-15)19(23)16-3-2-12-25-16/h2-7,12,15H,8-11H2,1H3. The summed E-state index contributed by atoms with van der Waals surface area (Å²) in [7, 11) is 0. The molecule has 6 heteroatoms. The molecule has 0 saturated carbocycles. The maximum Gasteiger partial charge on any atom is 0.263 e. The van der Waals surface area contributed by atoms with Gasteiger partial charge < -0.3 is 9.32 Å². The molecule has 128 valence electrons. The lowest BCUT2D eigenvalue weighted by Crippen LogP contribution is -2.37. The molecule has 1 fully saturated rings. The van der Waals surface area contributed by atoms with Gasteiger partial charge in [-0.15, -0.1) is 21.5 Å². The number of carbonyl (C=O) groups is 1. The van der Waals surface area contributed by atoms with Crippen molar-refractivity contribution in [2.45, 2.75) is 25.7 Å². The van der Waals surface area contributed by atoms with E-state index in [4.69, 9.17) is 4.42 Å². The number of amides is 1. The van der Waals surface area contributed by atoms with Crippen LogP contribution in [0.25, 0.3) is 11.5 Å². The Bertz CT molecular complexity index is 847. The first kappa shape index (κ1) is 16.0. The summed E-state index contributed by atoms with van der Waals surface area (Å²) in [6, 6.07) is 11.9. The van der Waals surface area contributed by atoms with Gasteiger partial charge >= 0.3 is 0 Å². The van der Waals surface area contributed by atoms with Gasteiger partial charge in [0.15, 0.2) is 0 Å². The number of hydrogen-bond acceptors (Lipinski definition) is 5. The second-order valence-corrected chi connectivity index (χ2v) is 7.30. The van der Waals surface area contributed by atoms with E-state index in [-0.39, 0.29) is 11.8 Å². The Morgan fingerprint density at radius 3 is 2.60 bits per heavy atom. The van der Waals surface area contributed by atoms with Crippen molar-refractivity contribution < 1.29 is 9.21 Å². The molecule has 0 unspecified atom stereocenters. The first-order valence-corrected chi connectivity index (χ1v) is 9.32. The second kappa shape index (κ2) is 6.80. The van der Waals surface area contributed by atoms with Crippen molar-refractivity contribution in [3.05, 3.63) is 58.1 Å². The van der Waals surface area contributed by atoms with Crippen molar-refractivity contribution in [2.24, 2.45) is 0 Å². The van der Waals surface area contributed by atoms with Crippen LogP contribution >= 0.6 is 11.3 Å². The van der Waals surface area contributed by atoms with Crippen molar-refractivity contribution in [1.82, 2.24) is 15.1 Å². The molecule has 0 aliphatic carbocycles. The highest BCUT2D eigenvalue weighted by molar-refractivity contribution is 7.12. The minimum atomic E-state index is 0.124. The Morgan fingerprint density at radius 2 is 1.92 bits per heavy atom. The summed E-state index contributed by atoms with van der Waals surface area (Å²) in [5, 5.41) is 10.4. The third-order valence-electron chi connectivity index (χ3n) is 4.60. The van der Waals surface area contributed by atoms with Gasteiger partial charge in [0.1, 0.15) is 0 Å². The lowest BCUT2D eigenvalue weighted by Gasteiger charge is -2.30. The van der Waals surface area contributed by atoms with Gasteiger partial charge in [0.2, 0.25) is 11.8 Å². The maximum atomic E-state index is 12.4. The number of likely N-dealkylation sites (tertiary alicyclic amines) is 1. The average molecular weight is 353 g/mol. The third-order valence-corrected chi connectivity index (χ3v) is 5.46. The fourth-order valence-corrected chi connectivity index (χ4v) is 3.79. The highest BCUT2D eigenvalue weighted by Gasteiger charge is 2.28. The number of hydrogen-bond donors (Lipinski definition) is 0. The van der Waals surface area contributed by atoms with Crippen LogP contribution in [0, 0.1) is 6.92 Å². The number of thiophene rings is 1. The molecular weight excluding hydrogens is 334 g/mol. The van der Waals surface area contributed by atoms with Gasteiger partial charge in [-0.3, -0.25) is 4.79 Å². The molecule has 0 spiro atoms. The van der Waals surface area contributed by atoms with Crippen LogP contribution in [-0.4, -0.2) is 34.1 Å². The fourth-order valence-electron chi connectivity index (χ4n) is 3.10. The molecule has 1 aromatic carbocycles. The van der Waals surface area contributed by atoms with Crippen molar-refractivity contribution >= 4 is 17.2 Å². The molecule has 3 aromatic rings. The Morgan fingerprint density at radius 1 is 1.16 bits per heavy atom. The SMILES string of the molecule is Cc1ccc(-c2nnc(C3CCN(C(=O)c4cccs4)CC3)o2)cc1. The Hall–Kier alpha value is -2.47. The van der Waals surface area contributed by atoms with E-state index in [1.54, 1.807) is 0 Å². The van der Waals surface area contributed by atoms with Crippen LogP contribution in [0.5, 0.6) is 0 Å². The van der Waals surface area contributed by atoms with E-state index in [0.717, 1.165) is 36.4 Å². The number of benzene rings is 1. The second-order valence-electron chi connectivity index (χ2n) is 6.36. The lowest BCUT2D eigenvalue weighted by atomic mass is 9.97. The molecule has 1 amide bonds. The number of carbonyl (C=O) groups excluding carboxylic acids is 1. The molecule has 2 aromatic heterocycles. The van der Waals surface area contributed by atoms with Gasteiger partial charge in [-0.25, -0.2) is 0 Å². The Kier molecular flexibility index (Phi) is 4.36. The maximum absolute atomic E-state index is 12.4. The molecule has 0 atom stereocenters. The number of rotatable bonds is 3. The minimum absolute atomic E-state index is 0.124. The summed E-state index contributed by atoms with van der Waals surface area (Å²) in [6.45, 7) is 3.50. The third kappa shape index (κ3) is 3.35. The molecule has 0 N–H and O–H groups in total. The Balaban J connectivity index is 1.41.